The van der Waals surface area contributed by atoms with Crippen LogP contribution in [0.2, 0.25) is 0 Å². The van der Waals surface area contributed by atoms with E-state index in [1.165, 1.54) is 14.0 Å². The van der Waals surface area contributed by atoms with Gasteiger partial charge in [-0.1, -0.05) is 0 Å². The number of carbonyl (C=O) groups excluding carboxylic acids is 2. The van der Waals surface area contributed by atoms with E-state index in [9.17, 15) is 9.59 Å². The van der Waals surface area contributed by atoms with Gasteiger partial charge in [-0.15, -0.1) is 0 Å². The number of nitrogens with one attached hydrogen (secondary N) is 1. The maximum absolute atomic E-state index is 11.3. The van der Waals surface area contributed by atoms with E-state index in [0.29, 0.717) is 0 Å². The van der Waals surface area contributed by atoms with Crippen molar-refractivity contribution in [1.82, 2.24) is 15.1 Å². The van der Waals surface area contributed by atoms with Crippen molar-refractivity contribution in [1.29, 1.82) is 0 Å². The van der Waals surface area contributed by atoms with Gasteiger partial charge in [0, 0.05) is 33.1 Å². The van der Waals surface area contributed by atoms with Gasteiger partial charge in [-0.2, -0.15) is 0 Å². The third-order valence-corrected chi connectivity index (χ3v) is 2.94. The van der Waals surface area contributed by atoms with Crippen LogP contribution in [0.15, 0.2) is 0 Å². The summed E-state index contributed by atoms with van der Waals surface area (Å²) in [5.41, 5.74) is 0. The fourth-order valence-electron chi connectivity index (χ4n) is 1.88. The fraction of sp³-hybridized carbons (Fsp3) is 0.818. The van der Waals surface area contributed by atoms with E-state index in [1.807, 2.05) is 0 Å². The van der Waals surface area contributed by atoms with Crippen molar-refractivity contribution in [2.45, 2.75) is 19.5 Å². The average molecular weight is 243 g/mol. The minimum absolute atomic E-state index is 0.127. The smallest absolute Gasteiger partial charge is 0.308 e. The quantitative estimate of drug-likeness (QED) is 0.659. The van der Waals surface area contributed by atoms with E-state index in [0.717, 1.165) is 26.2 Å². The fourth-order valence-corrected chi connectivity index (χ4v) is 1.88. The Kier molecular flexibility index (Phi) is 5.37. The Morgan fingerprint density at radius 2 is 1.88 bits per heavy atom. The lowest BCUT2D eigenvalue weighted by Crippen LogP contribution is -2.55. The number of hydrogen-bond donors (Lipinski definition) is 1. The van der Waals surface area contributed by atoms with Crippen molar-refractivity contribution in [2.24, 2.45) is 0 Å². The molecule has 0 saturated carbocycles. The zero-order valence-electron chi connectivity index (χ0n) is 10.7. The lowest BCUT2D eigenvalue weighted by Gasteiger charge is -2.37. The molecule has 6 heteroatoms. The zero-order chi connectivity index (χ0) is 12.8. The molecule has 1 aliphatic rings. The molecule has 17 heavy (non-hydrogen) atoms. The number of carbonyl (C=O) groups is 2. The molecule has 1 saturated heterocycles. The Hall–Kier alpha value is -1.14. The second-order valence-corrected chi connectivity index (χ2v) is 4.34. The first-order chi connectivity index (χ1) is 8.02. The predicted molar refractivity (Wildman–Crippen MR) is 63.3 cm³/mol. The topological polar surface area (TPSA) is 61.9 Å². The maximum Gasteiger partial charge on any atom is 0.308 e. The molecule has 0 bridgehead atoms. The van der Waals surface area contributed by atoms with Gasteiger partial charge in [0.05, 0.1) is 19.7 Å². The van der Waals surface area contributed by atoms with Crippen LogP contribution in [0.5, 0.6) is 0 Å². The summed E-state index contributed by atoms with van der Waals surface area (Å²) in [5, 5.41) is 2.80. The summed E-state index contributed by atoms with van der Waals surface area (Å²) in [4.78, 5) is 26.8. The standard InChI is InChI=1S/C11H21N3O3/c1-9(15)12-10(8-11(16)17-3)14-6-4-13(2)5-7-14/h10H,4-8H2,1-3H3,(H,12,15). The Morgan fingerprint density at radius 3 is 2.35 bits per heavy atom. The molecule has 1 rings (SSSR count). The first-order valence-electron chi connectivity index (χ1n) is 5.79. The minimum atomic E-state index is -0.303. The molecule has 0 radical (unpaired) electrons. The molecule has 0 spiro atoms. The Morgan fingerprint density at radius 1 is 1.29 bits per heavy atom. The van der Waals surface area contributed by atoms with E-state index in [2.05, 4.69) is 26.9 Å². The highest BCUT2D eigenvalue weighted by molar-refractivity contribution is 5.75. The van der Waals surface area contributed by atoms with Gasteiger partial charge in [-0.05, 0) is 7.05 Å². The summed E-state index contributed by atoms with van der Waals surface area (Å²) in [6.45, 7) is 5.03. The van der Waals surface area contributed by atoms with E-state index in [-0.39, 0.29) is 24.5 Å². The first-order valence-corrected chi connectivity index (χ1v) is 5.79. The second kappa shape index (κ2) is 6.56. The van der Waals surface area contributed by atoms with Crippen molar-refractivity contribution < 1.29 is 14.3 Å². The van der Waals surface area contributed by atoms with Crippen molar-refractivity contribution in [3.05, 3.63) is 0 Å². The summed E-state index contributed by atoms with van der Waals surface area (Å²) in [5.74, 6) is -0.430. The van der Waals surface area contributed by atoms with Gasteiger partial charge >= 0.3 is 5.97 Å². The molecule has 1 fully saturated rings. The van der Waals surface area contributed by atoms with Crippen molar-refractivity contribution in [3.63, 3.8) is 0 Å². The molecular formula is C11H21N3O3. The highest BCUT2D eigenvalue weighted by Crippen LogP contribution is 2.07. The number of methoxy groups -OCH3 is 1. The molecule has 1 unspecified atom stereocenters. The molecule has 1 N–H and O–H groups in total. The number of piperazine rings is 1. The Balaban J connectivity index is 2.55. The van der Waals surface area contributed by atoms with Gasteiger partial charge in [0.2, 0.25) is 5.91 Å². The van der Waals surface area contributed by atoms with Crippen molar-refractivity contribution in [2.75, 3.05) is 40.3 Å². The van der Waals surface area contributed by atoms with Crippen LogP contribution >= 0.6 is 0 Å². The maximum atomic E-state index is 11.3. The summed E-state index contributed by atoms with van der Waals surface area (Å²) >= 11 is 0. The van der Waals surface area contributed by atoms with Crippen LogP contribution in [0.3, 0.4) is 0 Å². The van der Waals surface area contributed by atoms with Crippen LogP contribution in [-0.2, 0) is 14.3 Å². The van der Waals surface area contributed by atoms with E-state index in [4.69, 9.17) is 0 Å². The third-order valence-electron chi connectivity index (χ3n) is 2.94. The van der Waals surface area contributed by atoms with Crippen LogP contribution in [0.25, 0.3) is 0 Å². The molecule has 0 aliphatic carbocycles. The number of likely N-dealkylation sites (N-methyl/N-ethyl adjacent to an activating group) is 1. The van der Waals surface area contributed by atoms with Crippen LogP contribution in [0.1, 0.15) is 13.3 Å². The van der Waals surface area contributed by atoms with Crippen molar-refractivity contribution in [3.8, 4) is 0 Å². The number of esters is 1. The average Bonchev–Trinajstić information content (AvgIpc) is 2.28. The molecule has 0 aromatic heterocycles. The SMILES string of the molecule is COC(=O)CC(NC(C)=O)N1CCN(C)CC1. The van der Waals surface area contributed by atoms with Gasteiger partial charge in [-0.3, -0.25) is 14.5 Å². The van der Waals surface area contributed by atoms with Gasteiger partial charge in [0.15, 0.2) is 0 Å². The van der Waals surface area contributed by atoms with E-state index in [1.54, 1.807) is 0 Å². The molecular weight excluding hydrogens is 222 g/mol. The predicted octanol–water partition coefficient (Wildman–Crippen LogP) is -0.741. The number of rotatable bonds is 4. The molecule has 6 nitrogen and oxygen atoms in total. The Bertz CT molecular complexity index is 275. The highest BCUT2D eigenvalue weighted by atomic mass is 16.5. The van der Waals surface area contributed by atoms with Crippen LogP contribution < -0.4 is 5.32 Å². The largest absolute Gasteiger partial charge is 0.469 e. The Labute approximate surface area is 102 Å². The van der Waals surface area contributed by atoms with Gasteiger partial charge < -0.3 is 15.0 Å². The van der Waals surface area contributed by atoms with Gasteiger partial charge in [-0.25, -0.2) is 0 Å². The molecule has 1 amide bonds. The lowest BCUT2D eigenvalue weighted by atomic mass is 10.2. The minimum Gasteiger partial charge on any atom is -0.469 e. The number of ether oxygens (including phenoxy) is 1. The van der Waals surface area contributed by atoms with Gasteiger partial charge in [0.1, 0.15) is 0 Å². The zero-order valence-corrected chi connectivity index (χ0v) is 10.7. The van der Waals surface area contributed by atoms with E-state index < -0.39 is 0 Å². The highest BCUT2D eigenvalue weighted by Gasteiger charge is 2.25. The molecule has 98 valence electrons. The van der Waals surface area contributed by atoms with Crippen LogP contribution in [0.4, 0.5) is 0 Å². The summed E-state index contributed by atoms with van der Waals surface area (Å²) in [6.07, 6.45) is -0.0616. The lowest BCUT2D eigenvalue weighted by molar-refractivity contribution is -0.142. The number of nitrogens with zero attached hydrogens (tertiary/aromatic N) is 2. The summed E-state index contributed by atoms with van der Waals surface area (Å²) in [7, 11) is 3.42. The van der Waals surface area contributed by atoms with Gasteiger partial charge in [0.25, 0.3) is 0 Å². The summed E-state index contributed by atoms with van der Waals surface area (Å²) in [6, 6.07) is 0. The normalized spacial score (nSPS) is 19.7. The first kappa shape index (κ1) is 13.9. The third kappa shape index (κ3) is 4.70. The molecule has 0 aromatic carbocycles. The monoisotopic (exact) mass is 243 g/mol. The van der Waals surface area contributed by atoms with Crippen LogP contribution in [-0.4, -0.2) is 68.2 Å². The summed E-state index contributed by atoms with van der Waals surface area (Å²) < 4.78 is 4.65. The number of hydrogen-bond acceptors (Lipinski definition) is 5. The number of amides is 1. The molecule has 0 aromatic rings. The molecule has 1 aliphatic heterocycles. The van der Waals surface area contributed by atoms with Crippen LogP contribution in [0, 0.1) is 0 Å². The van der Waals surface area contributed by atoms with E-state index >= 15 is 0 Å². The molecule has 1 heterocycles. The van der Waals surface area contributed by atoms with Crippen molar-refractivity contribution >= 4 is 11.9 Å². The second-order valence-electron chi connectivity index (χ2n) is 4.34. The molecule has 1 atom stereocenters.